The molecule has 0 amide bonds. The number of piperazine rings is 1. The van der Waals surface area contributed by atoms with Crippen molar-refractivity contribution in [2.24, 2.45) is 5.92 Å². The number of hydrogen-bond acceptors (Lipinski definition) is 2. The molecule has 108 valence electrons. The molecule has 1 heterocycles. The van der Waals surface area contributed by atoms with Crippen LogP contribution in [0.15, 0.2) is 0 Å². The zero-order valence-corrected chi connectivity index (χ0v) is 13.5. The summed E-state index contributed by atoms with van der Waals surface area (Å²) in [5, 5.41) is 3.89. The van der Waals surface area contributed by atoms with Crippen LogP contribution in [0, 0.1) is 5.92 Å². The summed E-state index contributed by atoms with van der Waals surface area (Å²) in [6.45, 7) is 17.7. The van der Waals surface area contributed by atoms with E-state index in [-0.39, 0.29) is 0 Å². The van der Waals surface area contributed by atoms with E-state index in [1.165, 1.54) is 38.8 Å². The van der Waals surface area contributed by atoms with Crippen LogP contribution in [0.4, 0.5) is 0 Å². The Balaban J connectivity index is 2.91. The van der Waals surface area contributed by atoms with Gasteiger partial charge in [-0.25, -0.2) is 0 Å². The second-order valence-electron chi connectivity index (χ2n) is 6.55. The fourth-order valence-corrected chi connectivity index (χ4v) is 3.42. The fraction of sp³-hybridized carbons (Fsp3) is 1.00. The second-order valence-corrected chi connectivity index (χ2v) is 6.55. The highest BCUT2D eigenvalue weighted by Gasteiger charge is 2.43. The summed E-state index contributed by atoms with van der Waals surface area (Å²) >= 11 is 0. The molecule has 0 aromatic rings. The summed E-state index contributed by atoms with van der Waals surface area (Å²) in [6, 6.07) is 0. The number of hydrogen-bond donors (Lipinski definition) is 1. The van der Waals surface area contributed by atoms with Gasteiger partial charge in [-0.1, -0.05) is 41.5 Å². The van der Waals surface area contributed by atoms with Gasteiger partial charge in [-0.2, -0.15) is 0 Å². The maximum absolute atomic E-state index is 3.89. The maximum Gasteiger partial charge on any atom is 0.0329 e. The van der Waals surface area contributed by atoms with Crippen LogP contribution in [0.25, 0.3) is 0 Å². The van der Waals surface area contributed by atoms with E-state index < -0.39 is 0 Å². The zero-order valence-electron chi connectivity index (χ0n) is 13.5. The lowest BCUT2D eigenvalue weighted by Crippen LogP contribution is -2.69. The van der Waals surface area contributed by atoms with Crippen LogP contribution in [0.3, 0.4) is 0 Å². The molecule has 0 aliphatic carbocycles. The molecule has 0 unspecified atom stereocenters. The third kappa shape index (κ3) is 3.08. The molecule has 0 radical (unpaired) electrons. The van der Waals surface area contributed by atoms with Crippen molar-refractivity contribution in [3.8, 4) is 0 Å². The van der Waals surface area contributed by atoms with Crippen LogP contribution < -0.4 is 5.32 Å². The fourth-order valence-electron chi connectivity index (χ4n) is 3.42. The van der Waals surface area contributed by atoms with Gasteiger partial charge in [0.15, 0.2) is 0 Å². The van der Waals surface area contributed by atoms with Crippen LogP contribution in [0.1, 0.15) is 67.2 Å². The maximum atomic E-state index is 3.89. The highest BCUT2D eigenvalue weighted by molar-refractivity contribution is 5.03. The molecule has 0 atom stereocenters. The van der Waals surface area contributed by atoms with Gasteiger partial charge in [0.25, 0.3) is 0 Å². The van der Waals surface area contributed by atoms with E-state index in [9.17, 15) is 0 Å². The monoisotopic (exact) mass is 254 g/mol. The predicted molar refractivity (Wildman–Crippen MR) is 81.0 cm³/mol. The Labute approximate surface area is 115 Å². The molecule has 2 heteroatoms. The quantitative estimate of drug-likeness (QED) is 0.778. The topological polar surface area (TPSA) is 15.3 Å². The smallest absolute Gasteiger partial charge is 0.0329 e. The number of nitrogens with zero attached hydrogens (tertiary/aromatic N) is 1. The highest BCUT2D eigenvalue weighted by atomic mass is 15.3. The zero-order chi connectivity index (χ0) is 13.8. The Hall–Kier alpha value is -0.0800. The normalized spacial score (nSPS) is 23.5. The SMILES string of the molecule is CCC1(CC)CN(CC(C)C)C(CC)(CC)CN1. The minimum absolute atomic E-state index is 0.350. The molecule has 1 rings (SSSR count). The molecule has 0 saturated carbocycles. The first kappa shape index (κ1) is 16.0. The van der Waals surface area contributed by atoms with Crippen molar-refractivity contribution in [2.45, 2.75) is 78.3 Å². The first-order valence-electron chi connectivity index (χ1n) is 7.97. The molecular formula is C16H34N2. The lowest BCUT2D eigenvalue weighted by molar-refractivity contribution is -0.0121. The molecule has 0 spiro atoms. The van der Waals surface area contributed by atoms with Gasteiger partial charge in [-0.05, 0) is 31.6 Å². The highest BCUT2D eigenvalue weighted by Crippen LogP contribution is 2.33. The molecule has 2 nitrogen and oxygen atoms in total. The third-order valence-electron chi connectivity index (χ3n) is 5.21. The lowest BCUT2D eigenvalue weighted by atomic mass is 9.80. The van der Waals surface area contributed by atoms with E-state index in [1.807, 2.05) is 0 Å². The summed E-state index contributed by atoms with van der Waals surface area (Å²) in [7, 11) is 0. The minimum atomic E-state index is 0.350. The summed E-state index contributed by atoms with van der Waals surface area (Å²) in [4.78, 5) is 2.79. The average Bonchev–Trinajstić information content (AvgIpc) is 2.38. The van der Waals surface area contributed by atoms with Gasteiger partial charge >= 0.3 is 0 Å². The van der Waals surface area contributed by atoms with Crippen molar-refractivity contribution < 1.29 is 0 Å². The van der Waals surface area contributed by atoms with E-state index in [2.05, 4.69) is 51.8 Å². The van der Waals surface area contributed by atoms with Crippen LogP contribution in [0.2, 0.25) is 0 Å². The van der Waals surface area contributed by atoms with Crippen molar-refractivity contribution >= 4 is 0 Å². The van der Waals surface area contributed by atoms with Crippen molar-refractivity contribution in [2.75, 3.05) is 19.6 Å². The van der Waals surface area contributed by atoms with Crippen LogP contribution in [-0.4, -0.2) is 35.6 Å². The van der Waals surface area contributed by atoms with Gasteiger partial charge in [0.05, 0.1) is 0 Å². The van der Waals surface area contributed by atoms with Gasteiger partial charge in [0.1, 0.15) is 0 Å². The Morgan fingerprint density at radius 2 is 1.56 bits per heavy atom. The molecule has 1 fully saturated rings. The first-order chi connectivity index (χ1) is 8.47. The van der Waals surface area contributed by atoms with Crippen LogP contribution >= 0.6 is 0 Å². The average molecular weight is 254 g/mol. The molecule has 1 aliphatic heterocycles. The summed E-state index contributed by atoms with van der Waals surface area (Å²) in [5.41, 5.74) is 0.737. The molecule has 0 aromatic heterocycles. The molecule has 0 bridgehead atoms. The van der Waals surface area contributed by atoms with Gasteiger partial charge in [0.2, 0.25) is 0 Å². The van der Waals surface area contributed by atoms with Crippen LogP contribution in [-0.2, 0) is 0 Å². The van der Waals surface area contributed by atoms with Crippen LogP contribution in [0.5, 0.6) is 0 Å². The van der Waals surface area contributed by atoms with E-state index in [0.717, 1.165) is 12.5 Å². The van der Waals surface area contributed by atoms with Gasteiger partial charge < -0.3 is 5.32 Å². The molecule has 1 N–H and O–H groups in total. The summed E-state index contributed by atoms with van der Waals surface area (Å²) in [5.74, 6) is 0.756. The molecule has 18 heavy (non-hydrogen) atoms. The van der Waals surface area contributed by atoms with Crippen molar-refractivity contribution in [3.63, 3.8) is 0 Å². The van der Waals surface area contributed by atoms with Gasteiger partial charge in [0, 0.05) is 30.7 Å². The van der Waals surface area contributed by atoms with Gasteiger partial charge in [-0.15, -0.1) is 0 Å². The number of rotatable bonds is 6. The Bertz CT molecular complexity index is 239. The van der Waals surface area contributed by atoms with Crippen molar-refractivity contribution in [3.05, 3.63) is 0 Å². The van der Waals surface area contributed by atoms with E-state index in [0.29, 0.717) is 11.1 Å². The van der Waals surface area contributed by atoms with Crippen molar-refractivity contribution in [1.29, 1.82) is 0 Å². The Morgan fingerprint density at radius 3 is 1.94 bits per heavy atom. The van der Waals surface area contributed by atoms with E-state index in [1.54, 1.807) is 0 Å². The molecule has 0 aromatic carbocycles. The Kier molecular flexibility index (Phi) is 5.67. The molecule has 1 saturated heterocycles. The third-order valence-corrected chi connectivity index (χ3v) is 5.21. The van der Waals surface area contributed by atoms with E-state index >= 15 is 0 Å². The van der Waals surface area contributed by atoms with E-state index in [4.69, 9.17) is 0 Å². The largest absolute Gasteiger partial charge is 0.308 e. The molecule has 1 aliphatic rings. The Morgan fingerprint density at radius 1 is 1.00 bits per heavy atom. The lowest BCUT2D eigenvalue weighted by Gasteiger charge is -2.55. The summed E-state index contributed by atoms with van der Waals surface area (Å²) < 4.78 is 0. The minimum Gasteiger partial charge on any atom is -0.308 e. The van der Waals surface area contributed by atoms with Crippen molar-refractivity contribution in [1.82, 2.24) is 10.2 Å². The second kappa shape index (κ2) is 6.38. The first-order valence-corrected chi connectivity index (χ1v) is 7.97. The standard InChI is InChI=1S/C16H34N2/c1-7-15(8-2)13-18(11-14(5)6)16(9-3,10-4)12-17-15/h14,17H,7-13H2,1-6H3. The molecular weight excluding hydrogens is 220 g/mol. The van der Waals surface area contributed by atoms with Gasteiger partial charge in [-0.3, -0.25) is 4.90 Å². The summed E-state index contributed by atoms with van der Waals surface area (Å²) in [6.07, 6.45) is 4.99. The number of nitrogens with one attached hydrogen (secondary N) is 1. The predicted octanol–water partition coefficient (Wildman–Crippen LogP) is 3.67.